The summed E-state index contributed by atoms with van der Waals surface area (Å²) in [7, 11) is 0. The van der Waals surface area contributed by atoms with Crippen LogP contribution < -0.4 is 5.32 Å². The topological polar surface area (TPSA) is 24.9 Å². The number of hydrogen-bond acceptors (Lipinski definition) is 2. The minimum absolute atomic E-state index is 0.526. The molecule has 1 heterocycles. The van der Waals surface area contributed by atoms with E-state index < -0.39 is 0 Å². The fourth-order valence-electron chi connectivity index (χ4n) is 1.92. The van der Waals surface area contributed by atoms with Gasteiger partial charge < -0.3 is 5.32 Å². The van der Waals surface area contributed by atoms with E-state index in [0.717, 1.165) is 19.4 Å². The van der Waals surface area contributed by atoms with Gasteiger partial charge in [-0.25, -0.2) is 0 Å². The molecule has 94 valence electrons. The van der Waals surface area contributed by atoms with Crippen LogP contribution in [-0.4, -0.2) is 11.0 Å². The van der Waals surface area contributed by atoms with Crippen LogP contribution >= 0.6 is 0 Å². The highest BCUT2D eigenvalue weighted by atomic mass is 14.9. The van der Waals surface area contributed by atoms with Gasteiger partial charge in [0.1, 0.15) is 0 Å². The van der Waals surface area contributed by atoms with Gasteiger partial charge in [0.05, 0.1) is 0 Å². The molecule has 2 nitrogen and oxygen atoms in total. The Kier molecular flexibility index (Phi) is 4.91. The molecular formula is C16H20N2. The molecule has 0 saturated carbocycles. The Balaban J connectivity index is 1.71. The number of nitrogens with one attached hydrogen (secondary N) is 1. The van der Waals surface area contributed by atoms with Crippen LogP contribution in [0.5, 0.6) is 0 Å². The number of hydrogen-bond donors (Lipinski definition) is 1. The summed E-state index contributed by atoms with van der Waals surface area (Å²) in [4.78, 5) is 4.02. The molecule has 0 fully saturated rings. The third kappa shape index (κ3) is 4.30. The second-order valence-corrected chi connectivity index (χ2v) is 4.66. The van der Waals surface area contributed by atoms with Crippen LogP contribution in [0.4, 0.5) is 0 Å². The summed E-state index contributed by atoms with van der Waals surface area (Å²) in [6.45, 7) is 3.16. The molecule has 1 aromatic carbocycles. The molecule has 0 saturated heterocycles. The van der Waals surface area contributed by atoms with Gasteiger partial charge >= 0.3 is 0 Å². The summed E-state index contributed by atoms with van der Waals surface area (Å²) in [6.07, 6.45) is 5.97. The minimum atomic E-state index is 0.526. The molecule has 1 aromatic heterocycles. The number of aryl methyl sites for hydroxylation is 1. The molecule has 0 bridgehead atoms. The average Bonchev–Trinajstić information content (AvgIpc) is 2.45. The lowest BCUT2D eigenvalue weighted by Gasteiger charge is -2.13. The zero-order valence-electron chi connectivity index (χ0n) is 10.8. The van der Waals surface area contributed by atoms with Gasteiger partial charge in [0.2, 0.25) is 0 Å². The molecule has 2 rings (SSSR count). The van der Waals surface area contributed by atoms with Gasteiger partial charge in [-0.3, -0.25) is 4.98 Å². The summed E-state index contributed by atoms with van der Waals surface area (Å²) in [5.74, 6) is 0. The summed E-state index contributed by atoms with van der Waals surface area (Å²) < 4.78 is 0. The first-order chi connectivity index (χ1) is 8.84. The van der Waals surface area contributed by atoms with Crippen molar-refractivity contribution in [2.45, 2.75) is 32.4 Å². The van der Waals surface area contributed by atoms with E-state index >= 15 is 0 Å². The zero-order chi connectivity index (χ0) is 12.6. The van der Waals surface area contributed by atoms with Crippen LogP contribution in [0, 0.1) is 0 Å². The first kappa shape index (κ1) is 12.8. The van der Waals surface area contributed by atoms with Gasteiger partial charge in [0, 0.05) is 25.0 Å². The lowest BCUT2D eigenvalue weighted by molar-refractivity contribution is 0.514. The van der Waals surface area contributed by atoms with E-state index in [1.54, 1.807) is 0 Å². The molecule has 0 unspecified atom stereocenters. The molecule has 0 spiro atoms. The van der Waals surface area contributed by atoms with Crippen molar-refractivity contribution in [2.75, 3.05) is 0 Å². The molecule has 18 heavy (non-hydrogen) atoms. The van der Waals surface area contributed by atoms with E-state index in [9.17, 15) is 0 Å². The van der Waals surface area contributed by atoms with E-state index in [1.807, 2.05) is 12.4 Å². The Morgan fingerprint density at radius 1 is 1.00 bits per heavy atom. The van der Waals surface area contributed by atoms with Crippen LogP contribution in [0.1, 0.15) is 24.5 Å². The maximum absolute atomic E-state index is 4.02. The van der Waals surface area contributed by atoms with Crippen molar-refractivity contribution in [3.63, 3.8) is 0 Å². The van der Waals surface area contributed by atoms with E-state index in [-0.39, 0.29) is 0 Å². The number of nitrogens with zero attached hydrogens (tertiary/aromatic N) is 1. The lowest BCUT2D eigenvalue weighted by Crippen LogP contribution is -2.25. The average molecular weight is 240 g/mol. The molecule has 0 aliphatic heterocycles. The van der Waals surface area contributed by atoms with Crippen molar-refractivity contribution in [1.29, 1.82) is 0 Å². The molecule has 0 amide bonds. The summed E-state index contributed by atoms with van der Waals surface area (Å²) in [5, 5.41) is 3.54. The molecule has 1 atom stereocenters. The molecule has 0 aliphatic carbocycles. The quantitative estimate of drug-likeness (QED) is 0.838. The van der Waals surface area contributed by atoms with Crippen molar-refractivity contribution in [2.24, 2.45) is 0 Å². The van der Waals surface area contributed by atoms with E-state index in [0.29, 0.717) is 6.04 Å². The Bertz CT molecular complexity index is 396. The Hall–Kier alpha value is -1.67. The number of aromatic nitrogens is 1. The van der Waals surface area contributed by atoms with Crippen molar-refractivity contribution >= 4 is 0 Å². The Morgan fingerprint density at radius 2 is 1.72 bits per heavy atom. The summed E-state index contributed by atoms with van der Waals surface area (Å²) >= 11 is 0. The fraction of sp³-hybridized carbons (Fsp3) is 0.312. The van der Waals surface area contributed by atoms with Gasteiger partial charge in [0.15, 0.2) is 0 Å². The Labute approximate surface area is 109 Å². The molecule has 0 aliphatic rings. The second kappa shape index (κ2) is 6.92. The van der Waals surface area contributed by atoms with Crippen LogP contribution in [0.15, 0.2) is 54.9 Å². The maximum Gasteiger partial charge on any atom is 0.0271 e. The van der Waals surface area contributed by atoms with Gasteiger partial charge in [-0.2, -0.15) is 0 Å². The number of benzene rings is 1. The predicted molar refractivity (Wildman–Crippen MR) is 75.3 cm³/mol. The molecule has 2 aromatic rings. The predicted octanol–water partition coefficient (Wildman–Crippen LogP) is 3.19. The van der Waals surface area contributed by atoms with Crippen molar-refractivity contribution in [3.05, 3.63) is 66.0 Å². The maximum atomic E-state index is 4.02. The van der Waals surface area contributed by atoms with Crippen molar-refractivity contribution < 1.29 is 0 Å². The highest BCUT2D eigenvalue weighted by molar-refractivity contribution is 5.14. The first-order valence-corrected chi connectivity index (χ1v) is 6.51. The number of pyridine rings is 1. The highest BCUT2D eigenvalue weighted by Gasteiger charge is 2.02. The van der Waals surface area contributed by atoms with E-state index in [1.165, 1.54) is 11.1 Å². The van der Waals surface area contributed by atoms with Crippen LogP contribution in [-0.2, 0) is 13.0 Å². The van der Waals surface area contributed by atoms with Gasteiger partial charge in [0.25, 0.3) is 0 Å². The van der Waals surface area contributed by atoms with Crippen LogP contribution in [0.3, 0.4) is 0 Å². The minimum Gasteiger partial charge on any atom is -0.310 e. The van der Waals surface area contributed by atoms with Gasteiger partial charge in [-0.1, -0.05) is 30.3 Å². The Morgan fingerprint density at radius 3 is 2.44 bits per heavy atom. The SMILES string of the molecule is C[C@H](CCc1ccccc1)NCc1ccncc1. The van der Waals surface area contributed by atoms with Crippen molar-refractivity contribution in [1.82, 2.24) is 10.3 Å². The third-order valence-corrected chi connectivity index (χ3v) is 3.11. The standard InChI is InChI=1S/C16H20N2/c1-14(7-8-15-5-3-2-4-6-15)18-13-16-9-11-17-12-10-16/h2-6,9-12,14,18H,7-8,13H2,1H3/t14-/m1/s1. The molecular weight excluding hydrogens is 220 g/mol. The normalized spacial score (nSPS) is 12.3. The fourth-order valence-corrected chi connectivity index (χ4v) is 1.92. The van der Waals surface area contributed by atoms with Crippen molar-refractivity contribution in [3.8, 4) is 0 Å². The summed E-state index contributed by atoms with van der Waals surface area (Å²) in [6, 6.07) is 15.3. The molecule has 2 heteroatoms. The lowest BCUT2D eigenvalue weighted by atomic mass is 10.1. The van der Waals surface area contributed by atoms with E-state index in [2.05, 4.69) is 59.7 Å². The van der Waals surface area contributed by atoms with Crippen LogP contribution in [0.2, 0.25) is 0 Å². The first-order valence-electron chi connectivity index (χ1n) is 6.51. The number of rotatable bonds is 6. The van der Waals surface area contributed by atoms with Gasteiger partial charge in [-0.05, 0) is 43.0 Å². The molecule has 1 N–H and O–H groups in total. The summed E-state index contributed by atoms with van der Waals surface area (Å²) in [5.41, 5.74) is 2.70. The highest BCUT2D eigenvalue weighted by Crippen LogP contribution is 2.05. The molecule has 0 radical (unpaired) electrons. The second-order valence-electron chi connectivity index (χ2n) is 4.66. The zero-order valence-corrected chi connectivity index (χ0v) is 10.8. The monoisotopic (exact) mass is 240 g/mol. The smallest absolute Gasteiger partial charge is 0.0271 e. The van der Waals surface area contributed by atoms with Crippen LogP contribution in [0.25, 0.3) is 0 Å². The largest absolute Gasteiger partial charge is 0.310 e. The third-order valence-electron chi connectivity index (χ3n) is 3.11. The van der Waals surface area contributed by atoms with Gasteiger partial charge in [-0.15, -0.1) is 0 Å². The van der Waals surface area contributed by atoms with E-state index in [4.69, 9.17) is 0 Å².